The van der Waals surface area contributed by atoms with Gasteiger partial charge in [-0.15, -0.1) is 0 Å². The van der Waals surface area contributed by atoms with Gasteiger partial charge in [-0.1, -0.05) is 0 Å². The molecule has 1 atom stereocenters. The summed E-state index contributed by atoms with van der Waals surface area (Å²) in [6.07, 6.45) is 0. The van der Waals surface area contributed by atoms with Crippen LogP contribution in [-0.2, 0) is 9.59 Å². The first-order chi connectivity index (χ1) is 13.0. The van der Waals surface area contributed by atoms with E-state index in [2.05, 4.69) is 5.32 Å². The third kappa shape index (κ3) is 3.31. The highest BCUT2D eigenvalue weighted by atomic mass is 16.5. The molecule has 2 N–H and O–H groups in total. The molecule has 7 nitrogen and oxygen atoms in total. The molecule has 0 bridgehead atoms. The molecule has 1 amide bonds. The van der Waals surface area contributed by atoms with Gasteiger partial charge in [-0.25, -0.2) is 0 Å². The van der Waals surface area contributed by atoms with Crippen LogP contribution in [0.25, 0.3) is 5.76 Å². The van der Waals surface area contributed by atoms with E-state index in [0.717, 1.165) is 0 Å². The number of methoxy groups -OCH3 is 3. The molecule has 3 rings (SSSR count). The predicted octanol–water partition coefficient (Wildman–Crippen LogP) is 2.42. The van der Waals surface area contributed by atoms with Crippen LogP contribution in [0, 0.1) is 0 Å². The summed E-state index contributed by atoms with van der Waals surface area (Å²) in [5.74, 6) is -0.245. The molecule has 1 heterocycles. The second-order valence-electron chi connectivity index (χ2n) is 5.83. The molecular formula is C20H19NO6. The molecule has 1 unspecified atom stereocenters. The molecule has 2 aromatic carbocycles. The molecule has 0 saturated carbocycles. The highest BCUT2D eigenvalue weighted by Crippen LogP contribution is 2.38. The topological polar surface area (TPSA) is 94.1 Å². The molecule has 1 aliphatic rings. The first-order valence-corrected chi connectivity index (χ1v) is 8.14. The summed E-state index contributed by atoms with van der Waals surface area (Å²) in [4.78, 5) is 24.5. The van der Waals surface area contributed by atoms with Gasteiger partial charge in [-0.05, 0) is 36.4 Å². The summed E-state index contributed by atoms with van der Waals surface area (Å²) in [6, 6.07) is 10.7. The maximum atomic E-state index is 12.4. The van der Waals surface area contributed by atoms with Crippen molar-refractivity contribution in [1.82, 2.24) is 5.32 Å². The van der Waals surface area contributed by atoms with E-state index in [4.69, 9.17) is 14.2 Å². The highest BCUT2D eigenvalue weighted by molar-refractivity contribution is 6.46. The maximum absolute atomic E-state index is 12.4. The molecule has 0 aromatic heterocycles. The Kier molecular flexibility index (Phi) is 5.03. The largest absolute Gasteiger partial charge is 0.507 e. The lowest BCUT2D eigenvalue weighted by molar-refractivity contribution is -0.133. The molecule has 0 aliphatic carbocycles. The zero-order valence-corrected chi connectivity index (χ0v) is 15.1. The van der Waals surface area contributed by atoms with Crippen LogP contribution < -0.4 is 19.5 Å². The number of aliphatic hydroxyl groups excluding tert-OH is 1. The smallest absolute Gasteiger partial charge is 0.293 e. The van der Waals surface area contributed by atoms with Gasteiger partial charge in [-0.3, -0.25) is 9.59 Å². The number of hydrogen-bond acceptors (Lipinski definition) is 6. The number of nitrogens with one attached hydrogen (secondary N) is 1. The Balaban J connectivity index is 2.11. The van der Waals surface area contributed by atoms with Crippen molar-refractivity contribution in [1.29, 1.82) is 0 Å². The summed E-state index contributed by atoms with van der Waals surface area (Å²) in [5, 5.41) is 13.3. The van der Waals surface area contributed by atoms with Crippen molar-refractivity contribution >= 4 is 17.4 Å². The van der Waals surface area contributed by atoms with Crippen molar-refractivity contribution in [3.63, 3.8) is 0 Å². The van der Waals surface area contributed by atoms with Crippen LogP contribution in [0.3, 0.4) is 0 Å². The first-order valence-electron chi connectivity index (χ1n) is 8.14. The normalized spacial score (nSPS) is 18.1. The van der Waals surface area contributed by atoms with Crippen LogP contribution in [0.5, 0.6) is 17.2 Å². The highest BCUT2D eigenvalue weighted by Gasteiger charge is 2.40. The number of aliphatic hydroxyl groups is 1. The lowest BCUT2D eigenvalue weighted by atomic mass is 9.95. The zero-order chi connectivity index (χ0) is 19.6. The summed E-state index contributed by atoms with van der Waals surface area (Å²) < 4.78 is 15.6. The van der Waals surface area contributed by atoms with E-state index in [-0.39, 0.29) is 11.3 Å². The lowest BCUT2D eigenvalue weighted by Crippen LogP contribution is -2.21. The Bertz CT molecular complexity index is 917. The summed E-state index contributed by atoms with van der Waals surface area (Å²) in [6.45, 7) is 0. The van der Waals surface area contributed by atoms with Crippen molar-refractivity contribution in [2.75, 3.05) is 21.3 Å². The van der Waals surface area contributed by atoms with Crippen LogP contribution in [0.4, 0.5) is 0 Å². The Labute approximate surface area is 156 Å². The van der Waals surface area contributed by atoms with Crippen molar-refractivity contribution in [2.24, 2.45) is 0 Å². The molecule has 0 radical (unpaired) electrons. The van der Waals surface area contributed by atoms with E-state index in [1.807, 2.05) is 0 Å². The fourth-order valence-electron chi connectivity index (χ4n) is 2.96. The molecule has 140 valence electrons. The third-order valence-corrected chi connectivity index (χ3v) is 4.39. The van der Waals surface area contributed by atoms with Gasteiger partial charge in [0.25, 0.3) is 11.7 Å². The molecule has 2 aromatic rings. The molecule has 27 heavy (non-hydrogen) atoms. The molecule has 7 heteroatoms. The van der Waals surface area contributed by atoms with Crippen LogP contribution >= 0.6 is 0 Å². The average molecular weight is 369 g/mol. The first kappa shape index (κ1) is 18.3. The minimum atomic E-state index is -0.840. The van der Waals surface area contributed by atoms with E-state index in [1.165, 1.54) is 21.3 Å². The Morgan fingerprint density at radius 2 is 1.56 bits per heavy atom. The SMILES string of the molecule is COc1ccc(/C(O)=C2/C(=O)C(=O)NC2c2ccc(OC)cc2OC)cc1. The van der Waals surface area contributed by atoms with Crippen LogP contribution in [-0.4, -0.2) is 38.1 Å². The van der Waals surface area contributed by atoms with Gasteiger partial charge in [0.15, 0.2) is 0 Å². The fourth-order valence-corrected chi connectivity index (χ4v) is 2.96. The van der Waals surface area contributed by atoms with Crippen LogP contribution in [0.2, 0.25) is 0 Å². The minimum Gasteiger partial charge on any atom is -0.507 e. The Hall–Kier alpha value is -3.48. The number of carbonyl (C=O) groups excluding carboxylic acids is 2. The van der Waals surface area contributed by atoms with Gasteiger partial charge < -0.3 is 24.6 Å². The van der Waals surface area contributed by atoms with Crippen LogP contribution in [0.1, 0.15) is 17.2 Å². The molecular weight excluding hydrogens is 350 g/mol. The number of carbonyl (C=O) groups is 2. The van der Waals surface area contributed by atoms with Gasteiger partial charge in [0, 0.05) is 17.2 Å². The van der Waals surface area contributed by atoms with Crippen molar-refractivity contribution in [3.05, 3.63) is 59.2 Å². The second kappa shape index (κ2) is 7.41. The summed E-state index contributed by atoms with van der Waals surface area (Å²) in [7, 11) is 4.53. The standard InChI is InChI=1S/C20H19NO6/c1-25-12-6-4-11(5-7-12)18(22)16-17(21-20(24)19(16)23)14-9-8-13(26-2)10-15(14)27-3/h4-10,17,22H,1-3H3,(H,21,24)/b18-16-. The molecule has 1 aliphatic heterocycles. The second-order valence-corrected chi connectivity index (χ2v) is 5.83. The number of hydrogen-bond donors (Lipinski definition) is 2. The number of ketones is 1. The molecule has 1 fully saturated rings. The monoisotopic (exact) mass is 369 g/mol. The summed E-state index contributed by atoms with van der Waals surface area (Å²) in [5.41, 5.74) is 0.898. The van der Waals surface area contributed by atoms with Crippen molar-refractivity contribution < 1.29 is 28.9 Å². The minimum absolute atomic E-state index is 0.0337. The lowest BCUT2D eigenvalue weighted by Gasteiger charge is -2.17. The fraction of sp³-hybridized carbons (Fsp3) is 0.200. The average Bonchev–Trinajstić information content (AvgIpc) is 3.01. The van der Waals surface area contributed by atoms with E-state index in [0.29, 0.717) is 28.4 Å². The molecule has 0 spiro atoms. The van der Waals surface area contributed by atoms with Gasteiger partial charge in [0.05, 0.1) is 32.9 Å². The predicted molar refractivity (Wildman–Crippen MR) is 98.0 cm³/mol. The number of amides is 1. The summed E-state index contributed by atoms with van der Waals surface area (Å²) >= 11 is 0. The van der Waals surface area contributed by atoms with E-state index >= 15 is 0 Å². The Morgan fingerprint density at radius 3 is 2.15 bits per heavy atom. The maximum Gasteiger partial charge on any atom is 0.293 e. The third-order valence-electron chi connectivity index (χ3n) is 4.39. The van der Waals surface area contributed by atoms with Gasteiger partial charge in [0.1, 0.15) is 23.0 Å². The van der Waals surface area contributed by atoms with Gasteiger partial charge in [0.2, 0.25) is 0 Å². The van der Waals surface area contributed by atoms with Crippen LogP contribution in [0.15, 0.2) is 48.0 Å². The zero-order valence-electron chi connectivity index (χ0n) is 15.1. The molecule has 1 saturated heterocycles. The van der Waals surface area contributed by atoms with Gasteiger partial charge in [-0.2, -0.15) is 0 Å². The number of benzene rings is 2. The Morgan fingerprint density at radius 1 is 0.926 bits per heavy atom. The van der Waals surface area contributed by atoms with Gasteiger partial charge >= 0.3 is 0 Å². The quantitative estimate of drug-likeness (QED) is 0.478. The van der Waals surface area contributed by atoms with E-state index in [9.17, 15) is 14.7 Å². The van der Waals surface area contributed by atoms with Crippen molar-refractivity contribution in [3.8, 4) is 17.2 Å². The van der Waals surface area contributed by atoms with E-state index < -0.39 is 17.7 Å². The number of Topliss-reactive ketones (excluding diaryl/α,β-unsaturated/α-hetero) is 1. The van der Waals surface area contributed by atoms with Crippen molar-refractivity contribution in [2.45, 2.75) is 6.04 Å². The number of ether oxygens (including phenoxy) is 3. The number of rotatable bonds is 5. The van der Waals surface area contributed by atoms with E-state index in [1.54, 1.807) is 42.5 Å².